The molecular weight excluding hydrogens is 316 g/mol. The average Bonchev–Trinajstić information content (AvgIpc) is 2.58. The fraction of sp³-hybridized carbons (Fsp3) is 0.562. The largest absolute Gasteiger partial charge is 0.484 e. The Morgan fingerprint density at radius 2 is 1.95 bits per heavy atom. The Balaban J connectivity index is 1.70. The monoisotopic (exact) mass is 340 g/mol. The van der Waals surface area contributed by atoms with Crippen LogP contribution >= 0.6 is 23.5 Å². The Bertz CT molecular complexity index is 448. The van der Waals surface area contributed by atoms with Crippen LogP contribution in [0, 0.1) is 0 Å². The predicted molar refractivity (Wildman–Crippen MR) is 95.8 cm³/mol. The fourth-order valence-electron chi connectivity index (χ4n) is 2.07. The first-order valence-corrected chi connectivity index (χ1v) is 9.82. The summed E-state index contributed by atoms with van der Waals surface area (Å²) in [6, 6.07) is 8.12. The molecule has 1 aliphatic heterocycles. The minimum atomic E-state index is -0.0830. The van der Waals surface area contributed by atoms with Crippen molar-refractivity contribution < 1.29 is 9.53 Å². The Labute approximate surface area is 141 Å². The molecule has 1 fully saturated rings. The second kappa shape index (κ2) is 10.0. The molecular formula is C16H24N2O2S2. The summed E-state index contributed by atoms with van der Waals surface area (Å²) in [6.07, 6.45) is 1.30. The number of hydrogen-bond donors (Lipinski definition) is 2. The molecule has 1 saturated heterocycles. The summed E-state index contributed by atoms with van der Waals surface area (Å²) in [6.45, 7) is 4.44. The highest BCUT2D eigenvalue weighted by Gasteiger charge is 2.16. The molecule has 2 rings (SSSR count). The topological polar surface area (TPSA) is 50.4 Å². The van der Waals surface area contributed by atoms with Gasteiger partial charge in [-0.25, -0.2) is 0 Å². The third kappa shape index (κ3) is 6.10. The van der Waals surface area contributed by atoms with Crippen molar-refractivity contribution in [3.05, 3.63) is 29.8 Å². The molecule has 0 atom stereocenters. The van der Waals surface area contributed by atoms with Crippen molar-refractivity contribution in [2.75, 3.05) is 37.7 Å². The van der Waals surface area contributed by atoms with Crippen LogP contribution in [0.5, 0.6) is 5.75 Å². The van der Waals surface area contributed by atoms with Gasteiger partial charge in [-0.15, -0.1) is 23.5 Å². The predicted octanol–water partition coefficient (Wildman–Crippen LogP) is 2.66. The van der Waals surface area contributed by atoms with E-state index in [0.717, 1.165) is 18.8 Å². The van der Waals surface area contributed by atoms with Crippen LogP contribution in [0.15, 0.2) is 24.3 Å². The lowest BCUT2D eigenvalue weighted by molar-refractivity contribution is -0.123. The van der Waals surface area contributed by atoms with E-state index >= 15 is 0 Å². The van der Waals surface area contributed by atoms with Gasteiger partial charge in [0.15, 0.2) is 6.61 Å². The van der Waals surface area contributed by atoms with Crippen LogP contribution in [0.2, 0.25) is 0 Å². The number of likely N-dealkylation sites (N-methyl/N-ethyl adjacent to an activating group) is 1. The molecule has 4 nitrogen and oxygen atoms in total. The molecule has 1 aliphatic rings. The molecule has 1 aromatic rings. The number of nitrogens with one attached hydrogen (secondary N) is 2. The van der Waals surface area contributed by atoms with Gasteiger partial charge in [-0.3, -0.25) is 4.79 Å². The number of rotatable bonds is 8. The van der Waals surface area contributed by atoms with Gasteiger partial charge >= 0.3 is 0 Å². The van der Waals surface area contributed by atoms with Crippen molar-refractivity contribution in [1.29, 1.82) is 0 Å². The number of carbonyl (C=O) groups excluding carboxylic acids is 1. The lowest BCUT2D eigenvalue weighted by Gasteiger charge is -2.21. The van der Waals surface area contributed by atoms with Gasteiger partial charge in [0.05, 0.1) is 4.58 Å². The molecule has 1 aromatic carbocycles. The minimum Gasteiger partial charge on any atom is -0.484 e. The van der Waals surface area contributed by atoms with Gasteiger partial charge < -0.3 is 15.4 Å². The second-order valence-electron chi connectivity index (χ2n) is 4.99. The fourth-order valence-corrected chi connectivity index (χ4v) is 4.96. The zero-order valence-electron chi connectivity index (χ0n) is 13.0. The van der Waals surface area contributed by atoms with E-state index in [4.69, 9.17) is 4.74 Å². The van der Waals surface area contributed by atoms with Gasteiger partial charge in [-0.05, 0) is 42.2 Å². The van der Waals surface area contributed by atoms with Crippen molar-refractivity contribution in [2.45, 2.75) is 17.9 Å². The van der Waals surface area contributed by atoms with Gasteiger partial charge in [0, 0.05) is 13.1 Å². The van der Waals surface area contributed by atoms with Crippen LogP contribution in [0.3, 0.4) is 0 Å². The summed E-state index contributed by atoms with van der Waals surface area (Å²) in [7, 11) is 0. The number of hydrogen-bond acceptors (Lipinski definition) is 5. The van der Waals surface area contributed by atoms with E-state index in [-0.39, 0.29) is 12.5 Å². The van der Waals surface area contributed by atoms with Crippen LogP contribution in [0.1, 0.15) is 23.5 Å². The highest BCUT2D eigenvalue weighted by atomic mass is 32.2. The number of amides is 1. The number of carbonyl (C=O) groups is 1. The first kappa shape index (κ1) is 17.5. The minimum absolute atomic E-state index is 0.0679. The molecule has 1 heterocycles. The van der Waals surface area contributed by atoms with Crippen molar-refractivity contribution in [3.63, 3.8) is 0 Å². The molecule has 0 radical (unpaired) electrons. The van der Waals surface area contributed by atoms with E-state index in [1.54, 1.807) is 0 Å². The highest BCUT2D eigenvalue weighted by molar-refractivity contribution is 8.16. The van der Waals surface area contributed by atoms with Crippen LogP contribution in [0.4, 0.5) is 0 Å². The summed E-state index contributed by atoms with van der Waals surface area (Å²) in [4.78, 5) is 11.6. The van der Waals surface area contributed by atoms with Crippen LogP contribution in [-0.2, 0) is 4.79 Å². The summed E-state index contributed by atoms with van der Waals surface area (Å²) in [5, 5.41) is 5.97. The third-order valence-corrected chi connectivity index (χ3v) is 6.24. The van der Waals surface area contributed by atoms with Crippen molar-refractivity contribution >= 4 is 29.4 Å². The third-order valence-electron chi connectivity index (χ3n) is 3.22. The van der Waals surface area contributed by atoms with E-state index in [9.17, 15) is 4.79 Å². The van der Waals surface area contributed by atoms with Gasteiger partial charge in [-0.1, -0.05) is 19.1 Å². The zero-order valence-corrected chi connectivity index (χ0v) is 14.6. The van der Waals surface area contributed by atoms with Crippen molar-refractivity contribution in [3.8, 4) is 5.75 Å². The van der Waals surface area contributed by atoms with E-state index < -0.39 is 0 Å². The van der Waals surface area contributed by atoms with Gasteiger partial charge in [0.2, 0.25) is 0 Å². The number of benzene rings is 1. The van der Waals surface area contributed by atoms with Crippen LogP contribution in [0.25, 0.3) is 0 Å². The lowest BCUT2D eigenvalue weighted by Crippen LogP contribution is -2.34. The molecule has 0 bridgehead atoms. The maximum atomic E-state index is 11.6. The Kier molecular flexibility index (Phi) is 7.98. The first-order chi connectivity index (χ1) is 10.8. The van der Waals surface area contributed by atoms with E-state index in [2.05, 4.69) is 22.8 Å². The summed E-state index contributed by atoms with van der Waals surface area (Å²) in [5.41, 5.74) is 1.33. The Morgan fingerprint density at radius 3 is 2.64 bits per heavy atom. The molecule has 1 amide bonds. The van der Waals surface area contributed by atoms with Gasteiger partial charge in [0.25, 0.3) is 5.91 Å². The number of ether oxygens (including phenoxy) is 1. The van der Waals surface area contributed by atoms with Gasteiger partial charge in [0.1, 0.15) is 5.75 Å². The molecule has 6 heteroatoms. The Morgan fingerprint density at radius 1 is 1.23 bits per heavy atom. The SMILES string of the molecule is CCNCCNC(=O)COc1ccc(C2SCCCS2)cc1. The van der Waals surface area contributed by atoms with Gasteiger partial charge in [-0.2, -0.15) is 0 Å². The number of thioether (sulfide) groups is 2. The average molecular weight is 341 g/mol. The standard InChI is InChI=1S/C16H24N2O2S2/c1-2-17-8-9-18-15(19)12-20-14-6-4-13(5-7-14)16-21-10-3-11-22-16/h4-7,16-17H,2-3,8-12H2,1H3,(H,18,19). The molecule has 0 unspecified atom stereocenters. The molecule has 0 aromatic heterocycles. The summed E-state index contributed by atoms with van der Waals surface area (Å²) < 4.78 is 6.06. The molecule has 22 heavy (non-hydrogen) atoms. The van der Waals surface area contributed by atoms with E-state index in [0.29, 0.717) is 11.1 Å². The van der Waals surface area contributed by atoms with Crippen molar-refractivity contribution in [2.24, 2.45) is 0 Å². The molecule has 0 saturated carbocycles. The summed E-state index contributed by atoms with van der Waals surface area (Å²) in [5.74, 6) is 3.14. The molecule has 122 valence electrons. The quantitative estimate of drug-likeness (QED) is 0.713. The first-order valence-electron chi connectivity index (χ1n) is 7.73. The molecule has 0 aliphatic carbocycles. The molecule has 2 N–H and O–H groups in total. The second-order valence-corrected chi connectivity index (χ2v) is 7.71. The molecule has 0 spiro atoms. The Hall–Kier alpha value is -0.850. The zero-order chi connectivity index (χ0) is 15.6. The van der Waals surface area contributed by atoms with E-state index in [1.165, 1.54) is 23.5 Å². The van der Waals surface area contributed by atoms with Crippen LogP contribution in [-0.4, -0.2) is 43.7 Å². The lowest BCUT2D eigenvalue weighted by atomic mass is 10.2. The summed E-state index contributed by atoms with van der Waals surface area (Å²) >= 11 is 4.01. The van der Waals surface area contributed by atoms with E-state index in [1.807, 2.05) is 42.6 Å². The van der Waals surface area contributed by atoms with Crippen molar-refractivity contribution in [1.82, 2.24) is 10.6 Å². The highest BCUT2D eigenvalue weighted by Crippen LogP contribution is 2.43. The normalized spacial score (nSPS) is 15.5. The maximum Gasteiger partial charge on any atom is 0.257 e. The smallest absolute Gasteiger partial charge is 0.257 e. The maximum absolute atomic E-state index is 11.6. The van der Waals surface area contributed by atoms with Crippen LogP contribution < -0.4 is 15.4 Å².